The number of nitrogens with one attached hydrogen (secondary N) is 1. The molecule has 0 aliphatic carbocycles. The highest BCUT2D eigenvalue weighted by Gasteiger charge is 2.30. The van der Waals surface area contributed by atoms with Crippen molar-refractivity contribution in [2.75, 3.05) is 6.54 Å². The molecule has 0 saturated carbocycles. The number of amides is 2. The summed E-state index contributed by atoms with van der Waals surface area (Å²) < 4.78 is 5.39. The molecule has 0 unspecified atom stereocenters. The van der Waals surface area contributed by atoms with E-state index in [1.807, 2.05) is 41.3 Å². The Morgan fingerprint density at radius 1 is 1.14 bits per heavy atom. The molecular weight excluding hydrogens is 350 g/mol. The van der Waals surface area contributed by atoms with Crippen LogP contribution in [-0.2, 0) is 6.54 Å². The summed E-state index contributed by atoms with van der Waals surface area (Å²) in [5.41, 5.74) is 5.52. The molecule has 5 heteroatoms. The van der Waals surface area contributed by atoms with Gasteiger partial charge in [0.1, 0.15) is 5.69 Å². The molecule has 1 saturated heterocycles. The Labute approximate surface area is 165 Å². The van der Waals surface area contributed by atoms with Gasteiger partial charge in [0.25, 0.3) is 0 Å². The van der Waals surface area contributed by atoms with E-state index in [1.54, 1.807) is 0 Å². The molecule has 1 aliphatic rings. The third-order valence-electron chi connectivity index (χ3n) is 5.47. The highest BCUT2D eigenvalue weighted by molar-refractivity contribution is 5.75. The van der Waals surface area contributed by atoms with Crippen molar-refractivity contribution in [2.24, 2.45) is 0 Å². The molecule has 0 bridgehead atoms. The van der Waals surface area contributed by atoms with Gasteiger partial charge in [-0.2, -0.15) is 0 Å². The number of nitrogens with zero attached hydrogens (tertiary/aromatic N) is 2. The second-order valence-electron chi connectivity index (χ2n) is 7.40. The lowest BCUT2D eigenvalue weighted by Crippen LogP contribution is -2.39. The van der Waals surface area contributed by atoms with Gasteiger partial charge >= 0.3 is 6.03 Å². The molecule has 1 N–H and O–H groups in total. The molecular formula is C23H25N3O2. The maximum absolute atomic E-state index is 12.8. The van der Waals surface area contributed by atoms with Gasteiger partial charge in [0.2, 0.25) is 0 Å². The molecule has 1 aliphatic heterocycles. The number of urea groups is 1. The number of hydrogen-bond donors (Lipinski definition) is 1. The van der Waals surface area contributed by atoms with Gasteiger partial charge in [-0.25, -0.2) is 4.79 Å². The molecule has 5 nitrogen and oxygen atoms in total. The molecule has 0 radical (unpaired) electrons. The van der Waals surface area contributed by atoms with Gasteiger partial charge in [0, 0.05) is 18.2 Å². The number of aromatic nitrogens is 1. The predicted octanol–water partition coefficient (Wildman–Crippen LogP) is 5.01. The van der Waals surface area contributed by atoms with Gasteiger partial charge in [0.15, 0.2) is 5.76 Å². The normalized spacial score (nSPS) is 16.4. The topological polar surface area (TPSA) is 58.4 Å². The van der Waals surface area contributed by atoms with E-state index in [1.165, 1.54) is 16.7 Å². The number of carbonyl (C=O) groups excluding carboxylic acids is 1. The van der Waals surface area contributed by atoms with Crippen LogP contribution < -0.4 is 5.32 Å². The Hall–Kier alpha value is -3.08. The molecule has 4 rings (SSSR count). The zero-order valence-corrected chi connectivity index (χ0v) is 16.3. The van der Waals surface area contributed by atoms with Gasteiger partial charge in [-0.3, -0.25) is 0 Å². The van der Waals surface area contributed by atoms with Crippen molar-refractivity contribution >= 4 is 6.03 Å². The maximum atomic E-state index is 12.8. The van der Waals surface area contributed by atoms with Gasteiger partial charge in [-0.1, -0.05) is 53.7 Å². The Bertz CT molecular complexity index is 965. The Morgan fingerprint density at radius 3 is 2.75 bits per heavy atom. The first-order chi connectivity index (χ1) is 13.6. The minimum atomic E-state index is -0.0570. The van der Waals surface area contributed by atoms with Gasteiger partial charge < -0.3 is 14.7 Å². The lowest BCUT2D eigenvalue weighted by Gasteiger charge is -2.25. The number of aryl methyl sites for hydroxylation is 2. The summed E-state index contributed by atoms with van der Waals surface area (Å²) in [7, 11) is 0. The fourth-order valence-electron chi connectivity index (χ4n) is 3.73. The monoisotopic (exact) mass is 375 g/mol. The van der Waals surface area contributed by atoms with Crippen LogP contribution in [-0.4, -0.2) is 22.6 Å². The van der Waals surface area contributed by atoms with Crippen LogP contribution in [0, 0.1) is 13.8 Å². The van der Waals surface area contributed by atoms with E-state index in [4.69, 9.17) is 4.52 Å². The van der Waals surface area contributed by atoms with Crippen LogP contribution in [0.25, 0.3) is 11.3 Å². The third kappa shape index (κ3) is 3.79. The molecule has 0 spiro atoms. The third-order valence-corrected chi connectivity index (χ3v) is 5.47. The first-order valence-corrected chi connectivity index (χ1v) is 9.74. The maximum Gasteiger partial charge on any atom is 0.318 e. The Morgan fingerprint density at radius 2 is 1.96 bits per heavy atom. The van der Waals surface area contributed by atoms with E-state index in [9.17, 15) is 4.79 Å². The van der Waals surface area contributed by atoms with E-state index < -0.39 is 0 Å². The molecule has 144 valence electrons. The van der Waals surface area contributed by atoms with Crippen molar-refractivity contribution in [3.8, 4) is 11.3 Å². The summed E-state index contributed by atoms with van der Waals surface area (Å²) in [6.45, 7) is 5.33. The SMILES string of the molecule is Cc1ccc([C@@H]2CCCN2C(=O)NCc2cc(-c3ccccc3)no2)cc1C. The van der Waals surface area contributed by atoms with Crippen LogP contribution in [0.15, 0.2) is 59.1 Å². The second-order valence-corrected chi connectivity index (χ2v) is 7.40. The fourth-order valence-corrected chi connectivity index (χ4v) is 3.73. The minimum Gasteiger partial charge on any atom is -0.359 e. The van der Waals surface area contributed by atoms with Crippen LogP contribution in [0.3, 0.4) is 0 Å². The summed E-state index contributed by atoms with van der Waals surface area (Å²) in [4.78, 5) is 14.7. The van der Waals surface area contributed by atoms with E-state index in [0.29, 0.717) is 12.3 Å². The van der Waals surface area contributed by atoms with Crippen molar-refractivity contribution in [1.29, 1.82) is 0 Å². The fraction of sp³-hybridized carbons (Fsp3) is 0.304. The largest absolute Gasteiger partial charge is 0.359 e. The van der Waals surface area contributed by atoms with E-state index in [0.717, 1.165) is 30.6 Å². The highest BCUT2D eigenvalue weighted by Crippen LogP contribution is 2.32. The van der Waals surface area contributed by atoms with Gasteiger partial charge in [-0.05, 0) is 43.4 Å². The van der Waals surface area contributed by atoms with E-state index >= 15 is 0 Å². The lowest BCUT2D eigenvalue weighted by molar-refractivity contribution is 0.191. The molecule has 1 fully saturated rings. The van der Waals surface area contributed by atoms with Crippen molar-refractivity contribution in [3.05, 3.63) is 77.0 Å². The number of rotatable bonds is 4. The van der Waals surface area contributed by atoms with Crippen LogP contribution >= 0.6 is 0 Å². The van der Waals surface area contributed by atoms with Crippen molar-refractivity contribution in [2.45, 2.75) is 39.3 Å². The number of carbonyl (C=O) groups is 1. The second kappa shape index (κ2) is 7.89. The first kappa shape index (κ1) is 18.3. The Kier molecular flexibility index (Phi) is 5.15. The molecule has 2 heterocycles. The summed E-state index contributed by atoms with van der Waals surface area (Å²) >= 11 is 0. The zero-order chi connectivity index (χ0) is 19.5. The van der Waals surface area contributed by atoms with Crippen molar-refractivity contribution in [3.63, 3.8) is 0 Å². The minimum absolute atomic E-state index is 0.0570. The van der Waals surface area contributed by atoms with Crippen LogP contribution in [0.2, 0.25) is 0 Å². The summed E-state index contributed by atoms with van der Waals surface area (Å²) in [6, 6.07) is 18.3. The summed E-state index contributed by atoms with van der Waals surface area (Å²) in [5, 5.41) is 7.09. The van der Waals surface area contributed by atoms with Crippen LogP contribution in [0.5, 0.6) is 0 Å². The van der Waals surface area contributed by atoms with E-state index in [-0.39, 0.29) is 12.1 Å². The predicted molar refractivity (Wildman–Crippen MR) is 109 cm³/mol. The van der Waals surface area contributed by atoms with Crippen LogP contribution in [0.4, 0.5) is 4.79 Å². The van der Waals surface area contributed by atoms with Crippen molar-refractivity contribution < 1.29 is 9.32 Å². The standard InChI is InChI=1S/C23H25N3O2/c1-16-10-11-19(13-17(16)2)22-9-6-12-26(22)23(27)24-15-20-14-21(25-28-20)18-7-4-3-5-8-18/h3-5,7-8,10-11,13-14,22H,6,9,12,15H2,1-2H3,(H,24,27)/t22-/m0/s1. The quantitative estimate of drug-likeness (QED) is 0.698. The van der Waals surface area contributed by atoms with Crippen LogP contribution in [0.1, 0.15) is 41.3 Å². The molecule has 28 heavy (non-hydrogen) atoms. The van der Waals surface area contributed by atoms with Gasteiger partial charge in [-0.15, -0.1) is 0 Å². The first-order valence-electron chi connectivity index (χ1n) is 9.74. The van der Waals surface area contributed by atoms with E-state index in [2.05, 4.69) is 42.5 Å². The number of likely N-dealkylation sites (tertiary alicyclic amines) is 1. The smallest absolute Gasteiger partial charge is 0.318 e. The molecule has 3 aromatic rings. The highest BCUT2D eigenvalue weighted by atomic mass is 16.5. The number of benzene rings is 2. The average molecular weight is 375 g/mol. The summed E-state index contributed by atoms with van der Waals surface area (Å²) in [5.74, 6) is 0.647. The molecule has 1 aromatic heterocycles. The zero-order valence-electron chi connectivity index (χ0n) is 16.3. The molecule has 2 amide bonds. The number of hydrogen-bond acceptors (Lipinski definition) is 3. The van der Waals surface area contributed by atoms with Crippen molar-refractivity contribution in [1.82, 2.24) is 15.4 Å². The Balaban J connectivity index is 1.40. The lowest BCUT2D eigenvalue weighted by atomic mass is 9.99. The average Bonchev–Trinajstić information content (AvgIpc) is 3.39. The van der Waals surface area contributed by atoms with Gasteiger partial charge in [0.05, 0.1) is 12.6 Å². The molecule has 1 atom stereocenters. The molecule has 2 aromatic carbocycles. The summed E-state index contributed by atoms with van der Waals surface area (Å²) in [6.07, 6.45) is 2.02.